The van der Waals surface area contributed by atoms with Crippen LogP contribution in [0.5, 0.6) is 0 Å². The Morgan fingerprint density at radius 2 is 1.66 bits per heavy atom. The minimum atomic E-state index is -0.534. The van der Waals surface area contributed by atoms with E-state index in [9.17, 15) is 4.79 Å². The first kappa shape index (κ1) is 31.5. The molecule has 8 heteroatoms. The van der Waals surface area contributed by atoms with Gasteiger partial charge in [0.05, 0.1) is 28.8 Å². The molecule has 258 valence electrons. The maximum atomic E-state index is 13.0. The number of aromatic amines is 2. The van der Waals surface area contributed by atoms with Crippen molar-refractivity contribution >= 4 is 17.1 Å². The van der Waals surface area contributed by atoms with Crippen molar-refractivity contribution in [3.63, 3.8) is 0 Å². The van der Waals surface area contributed by atoms with E-state index < -0.39 is 5.60 Å². The Kier molecular flexibility index (Phi) is 7.46. The number of likely N-dealkylation sites (tertiary alicyclic amines) is 1. The SMILES string of the molecule is C[C@@H]1CN[C@H](c2nc3ccc(-c4ccc(-c5ccc(-c6c[nH]c([C@@H]7C[C@H](C)CN7C(=O)OC(C)(C)C)n6)cc5)c5c4CC4CCC54)cc3[nH]2)C1. The first-order valence-electron chi connectivity index (χ1n) is 18.6. The Labute approximate surface area is 294 Å². The van der Waals surface area contributed by atoms with Gasteiger partial charge in [-0.25, -0.2) is 14.8 Å². The molecule has 4 heterocycles. The molecule has 2 aliphatic carbocycles. The van der Waals surface area contributed by atoms with Gasteiger partial charge < -0.3 is 20.0 Å². The van der Waals surface area contributed by atoms with Crippen LogP contribution in [0, 0.1) is 17.8 Å². The Morgan fingerprint density at radius 1 is 0.880 bits per heavy atom. The molecule has 2 aromatic heterocycles. The van der Waals surface area contributed by atoms with E-state index in [2.05, 4.69) is 83.7 Å². The third kappa shape index (κ3) is 5.52. The van der Waals surface area contributed by atoms with E-state index in [1.165, 1.54) is 40.7 Å². The zero-order chi connectivity index (χ0) is 34.3. The van der Waals surface area contributed by atoms with Crippen molar-refractivity contribution in [2.75, 3.05) is 13.1 Å². The summed E-state index contributed by atoms with van der Waals surface area (Å²) >= 11 is 0. The molecule has 2 unspecified atom stereocenters. The third-order valence-corrected chi connectivity index (χ3v) is 11.6. The van der Waals surface area contributed by atoms with Gasteiger partial charge in [-0.15, -0.1) is 0 Å². The molecular formula is C42H48N6O2. The Bertz CT molecular complexity index is 2090. The second-order valence-electron chi connectivity index (χ2n) is 16.6. The van der Waals surface area contributed by atoms with Crippen LogP contribution in [0.1, 0.15) is 101 Å². The van der Waals surface area contributed by atoms with Crippen molar-refractivity contribution in [1.29, 1.82) is 0 Å². The monoisotopic (exact) mass is 668 g/mol. The fourth-order valence-corrected chi connectivity index (χ4v) is 9.07. The van der Waals surface area contributed by atoms with E-state index in [0.717, 1.165) is 65.7 Å². The average Bonchev–Trinajstić information content (AvgIpc) is 3.90. The number of hydrogen-bond donors (Lipinski definition) is 3. The van der Waals surface area contributed by atoms with Gasteiger partial charge in [-0.3, -0.25) is 4.90 Å². The van der Waals surface area contributed by atoms with Crippen molar-refractivity contribution in [2.24, 2.45) is 17.8 Å². The topological polar surface area (TPSA) is 98.9 Å². The Balaban J connectivity index is 0.988. The lowest BCUT2D eigenvalue weighted by atomic mass is 9.73. The number of nitrogens with zero attached hydrogens (tertiary/aromatic N) is 3. The molecule has 0 spiro atoms. The Morgan fingerprint density at radius 3 is 2.40 bits per heavy atom. The summed E-state index contributed by atoms with van der Waals surface area (Å²) < 4.78 is 5.73. The minimum absolute atomic E-state index is 0.117. The van der Waals surface area contributed by atoms with Gasteiger partial charge >= 0.3 is 6.09 Å². The summed E-state index contributed by atoms with van der Waals surface area (Å²) in [4.78, 5) is 31.9. The van der Waals surface area contributed by atoms with Gasteiger partial charge in [0, 0.05) is 18.3 Å². The molecule has 1 amide bonds. The number of carbonyl (C=O) groups is 1. The van der Waals surface area contributed by atoms with Crippen LogP contribution < -0.4 is 5.32 Å². The molecular weight excluding hydrogens is 621 g/mol. The van der Waals surface area contributed by atoms with Crippen molar-refractivity contribution in [3.8, 4) is 33.5 Å². The molecule has 0 bridgehead atoms. The molecule has 2 aliphatic heterocycles. The highest BCUT2D eigenvalue weighted by atomic mass is 16.6. The molecule has 6 atom stereocenters. The number of H-pyrrole nitrogens is 2. The summed E-state index contributed by atoms with van der Waals surface area (Å²) in [7, 11) is 0. The maximum absolute atomic E-state index is 13.0. The first-order chi connectivity index (χ1) is 24.1. The molecule has 1 saturated carbocycles. The number of fused-ring (bicyclic) bond motifs is 4. The van der Waals surface area contributed by atoms with Gasteiger partial charge in [-0.1, -0.05) is 56.3 Å². The summed E-state index contributed by atoms with van der Waals surface area (Å²) in [5, 5.41) is 3.62. The van der Waals surface area contributed by atoms with Crippen LogP contribution in [0.15, 0.2) is 60.8 Å². The van der Waals surface area contributed by atoms with Crippen LogP contribution in [0.2, 0.25) is 0 Å². The molecule has 3 aromatic carbocycles. The lowest BCUT2D eigenvalue weighted by Crippen LogP contribution is -2.37. The number of amides is 1. The normalized spacial score (nSPS) is 25.9. The quantitative estimate of drug-likeness (QED) is 0.173. The summed E-state index contributed by atoms with van der Waals surface area (Å²) in [6, 6.07) is 20.6. The van der Waals surface area contributed by atoms with E-state index in [1.807, 2.05) is 31.9 Å². The van der Waals surface area contributed by atoms with E-state index in [0.29, 0.717) is 30.3 Å². The molecule has 8 nitrogen and oxygen atoms in total. The zero-order valence-corrected chi connectivity index (χ0v) is 29.8. The summed E-state index contributed by atoms with van der Waals surface area (Å²) in [6.07, 6.45) is 7.44. The largest absolute Gasteiger partial charge is 0.444 e. The number of aromatic nitrogens is 4. The molecule has 4 aliphatic rings. The number of hydrogen-bond acceptors (Lipinski definition) is 5. The van der Waals surface area contributed by atoms with Crippen molar-refractivity contribution in [2.45, 2.75) is 90.3 Å². The van der Waals surface area contributed by atoms with Crippen molar-refractivity contribution in [1.82, 2.24) is 30.2 Å². The highest BCUT2D eigenvalue weighted by molar-refractivity contribution is 5.86. The molecule has 9 rings (SSSR count). The number of rotatable bonds is 5. The fraction of sp³-hybridized carbons (Fsp3) is 0.452. The second kappa shape index (κ2) is 11.8. The fourth-order valence-electron chi connectivity index (χ4n) is 9.07. The van der Waals surface area contributed by atoms with E-state index in [1.54, 1.807) is 5.56 Å². The average molecular weight is 669 g/mol. The summed E-state index contributed by atoms with van der Waals surface area (Å²) in [6.45, 7) is 11.9. The molecule has 5 aromatic rings. The van der Waals surface area contributed by atoms with Crippen LogP contribution in [0.4, 0.5) is 4.79 Å². The van der Waals surface area contributed by atoms with Gasteiger partial charge in [0.1, 0.15) is 17.2 Å². The minimum Gasteiger partial charge on any atom is -0.444 e. The summed E-state index contributed by atoms with van der Waals surface area (Å²) in [5.41, 5.74) is 11.9. The molecule has 50 heavy (non-hydrogen) atoms. The molecule has 2 saturated heterocycles. The van der Waals surface area contributed by atoms with E-state index >= 15 is 0 Å². The highest BCUT2D eigenvalue weighted by Crippen LogP contribution is 2.56. The van der Waals surface area contributed by atoms with Crippen LogP contribution in [-0.2, 0) is 11.2 Å². The number of benzene rings is 3. The van der Waals surface area contributed by atoms with Crippen LogP contribution >= 0.6 is 0 Å². The maximum Gasteiger partial charge on any atom is 0.410 e. The number of carbonyl (C=O) groups excluding carboxylic acids is 1. The molecule has 3 N–H and O–H groups in total. The lowest BCUT2D eigenvalue weighted by molar-refractivity contribution is 0.0214. The van der Waals surface area contributed by atoms with Gasteiger partial charge in [-0.05, 0) is 129 Å². The standard InChI is InChI=1S/C42H48N6O2/c1-23-16-35(43-20-23)39-45-33-15-11-28(19-34(33)46-39)29-13-14-30(38-31-12-10-27(31)18-32(29)38)25-6-8-26(9-7-25)36-21-44-40(47-36)37-17-24(2)22-48(37)41(49)50-42(3,4)5/h6-9,11,13-15,19,21,23-24,27,31,35,37,43H,10,12,16-18,20,22H2,1-5H3,(H,44,47)(H,45,46)/t23-,24-,27?,31?,35-,37-/m0/s1. The first-order valence-corrected chi connectivity index (χ1v) is 18.6. The van der Waals surface area contributed by atoms with E-state index in [-0.39, 0.29) is 12.1 Å². The number of imidazole rings is 2. The van der Waals surface area contributed by atoms with E-state index in [4.69, 9.17) is 14.7 Å². The van der Waals surface area contributed by atoms with Crippen LogP contribution in [-0.4, -0.2) is 49.6 Å². The molecule has 0 radical (unpaired) electrons. The molecule has 3 fully saturated rings. The van der Waals surface area contributed by atoms with Crippen LogP contribution in [0.3, 0.4) is 0 Å². The smallest absolute Gasteiger partial charge is 0.410 e. The Hall–Kier alpha value is -4.43. The van der Waals surface area contributed by atoms with Gasteiger partial charge in [0.25, 0.3) is 0 Å². The summed E-state index contributed by atoms with van der Waals surface area (Å²) in [5.74, 6) is 4.34. The highest BCUT2D eigenvalue weighted by Gasteiger charge is 2.42. The zero-order valence-electron chi connectivity index (χ0n) is 29.8. The number of nitrogens with one attached hydrogen (secondary N) is 3. The second-order valence-corrected chi connectivity index (χ2v) is 16.6. The predicted octanol–water partition coefficient (Wildman–Crippen LogP) is 9.33. The van der Waals surface area contributed by atoms with Gasteiger partial charge in [-0.2, -0.15) is 0 Å². The number of ether oxygens (including phenoxy) is 1. The van der Waals surface area contributed by atoms with Crippen molar-refractivity contribution in [3.05, 3.63) is 83.6 Å². The lowest BCUT2D eigenvalue weighted by Gasteiger charge is -2.31. The van der Waals surface area contributed by atoms with Crippen molar-refractivity contribution < 1.29 is 9.53 Å². The van der Waals surface area contributed by atoms with Gasteiger partial charge in [0.15, 0.2) is 0 Å². The van der Waals surface area contributed by atoms with Gasteiger partial charge in [0.2, 0.25) is 0 Å². The van der Waals surface area contributed by atoms with Crippen LogP contribution in [0.25, 0.3) is 44.5 Å². The third-order valence-electron chi connectivity index (χ3n) is 11.6. The predicted molar refractivity (Wildman–Crippen MR) is 198 cm³/mol.